The van der Waals surface area contributed by atoms with Gasteiger partial charge in [0.1, 0.15) is 0 Å². The summed E-state index contributed by atoms with van der Waals surface area (Å²) < 4.78 is 32.2. The predicted octanol–water partition coefficient (Wildman–Crippen LogP) is 2.78. The van der Waals surface area contributed by atoms with Gasteiger partial charge in [-0.25, -0.2) is 18.2 Å². The van der Waals surface area contributed by atoms with E-state index in [-0.39, 0.29) is 35.4 Å². The monoisotopic (exact) mass is 479 g/mol. The number of nitrogens with one attached hydrogen (secondary N) is 1. The van der Waals surface area contributed by atoms with Crippen LogP contribution in [0.15, 0.2) is 34.5 Å². The molecule has 0 bridgehead atoms. The van der Waals surface area contributed by atoms with Crippen LogP contribution < -0.4 is 5.32 Å². The number of carbonyl (C=O) groups excluding carboxylic acids is 2. The summed E-state index contributed by atoms with van der Waals surface area (Å²) in [6.07, 6.45) is 3.65. The van der Waals surface area contributed by atoms with Crippen LogP contribution in [-0.2, 0) is 26.0 Å². The molecule has 1 aliphatic heterocycles. The molecule has 1 aromatic heterocycles. The largest absolute Gasteiger partial charge is 0.465 e. The first-order valence-electron chi connectivity index (χ1n) is 10.7. The zero-order valence-electron chi connectivity index (χ0n) is 18.4. The highest BCUT2D eigenvalue weighted by Gasteiger charge is 2.34. The van der Waals surface area contributed by atoms with Crippen LogP contribution in [0.4, 0.5) is 0 Å². The van der Waals surface area contributed by atoms with Crippen molar-refractivity contribution < 1.29 is 22.7 Å². The molecule has 1 fully saturated rings. The fraction of sp³-hybridized carbons (Fsp3) is 0.500. The summed E-state index contributed by atoms with van der Waals surface area (Å²) in [7, 11) is -2.63. The predicted molar refractivity (Wildman–Crippen MR) is 122 cm³/mol. The second kappa shape index (κ2) is 11.0. The van der Waals surface area contributed by atoms with Crippen molar-refractivity contribution in [2.24, 2.45) is 5.92 Å². The molecule has 2 heterocycles. The lowest BCUT2D eigenvalue weighted by molar-refractivity contribution is -0.126. The van der Waals surface area contributed by atoms with Gasteiger partial charge in [0, 0.05) is 36.6 Å². The van der Waals surface area contributed by atoms with E-state index in [1.807, 2.05) is 12.3 Å². The summed E-state index contributed by atoms with van der Waals surface area (Å²) in [6, 6.07) is 6.02. The Hall–Kier alpha value is -2.30. The molecule has 0 spiro atoms. The van der Waals surface area contributed by atoms with Crippen molar-refractivity contribution in [3.63, 3.8) is 0 Å². The van der Waals surface area contributed by atoms with Gasteiger partial charge in [-0.15, -0.1) is 11.3 Å². The van der Waals surface area contributed by atoms with Crippen LogP contribution in [0.2, 0.25) is 0 Å². The third-order valence-electron chi connectivity index (χ3n) is 5.52. The lowest BCUT2D eigenvalue weighted by Gasteiger charge is -2.31. The first kappa shape index (κ1) is 24.3. The molecule has 10 heteroatoms. The van der Waals surface area contributed by atoms with Gasteiger partial charge in [-0.05, 0) is 51.2 Å². The molecule has 1 aliphatic rings. The summed E-state index contributed by atoms with van der Waals surface area (Å²) in [5.74, 6) is -0.926. The van der Waals surface area contributed by atoms with Gasteiger partial charge in [0.25, 0.3) is 0 Å². The summed E-state index contributed by atoms with van der Waals surface area (Å²) in [6.45, 7) is 3.06. The number of amides is 1. The fourth-order valence-electron chi connectivity index (χ4n) is 3.74. The highest BCUT2D eigenvalue weighted by Crippen LogP contribution is 2.26. The Morgan fingerprint density at radius 1 is 1.22 bits per heavy atom. The van der Waals surface area contributed by atoms with Crippen molar-refractivity contribution in [3.8, 4) is 0 Å². The summed E-state index contributed by atoms with van der Waals surface area (Å²) in [5.41, 5.74) is 1.06. The molecular formula is C22H29N3O5S2. The van der Waals surface area contributed by atoms with E-state index in [9.17, 15) is 18.0 Å². The molecule has 0 atom stereocenters. The second-order valence-corrected chi connectivity index (χ2v) is 10.6. The highest BCUT2D eigenvalue weighted by atomic mass is 32.2. The highest BCUT2D eigenvalue weighted by molar-refractivity contribution is 7.89. The quantitative estimate of drug-likeness (QED) is 0.438. The van der Waals surface area contributed by atoms with Crippen LogP contribution in [0, 0.1) is 12.8 Å². The number of aromatic nitrogens is 1. The standard InChI is InChI=1S/C22H29N3O5S2/c1-16-15-31-20(24-16)9-5-6-12-23-21(26)17-10-13-25(14-11-17)32(28,29)19-8-4-3-7-18(19)22(27)30-2/h3-4,7-8,15,17H,5-6,9-14H2,1-2H3,(H,23,26). The molecule has 0 saturated carbocycles. The first-order valence-corrected chi connectivity index (χ1v) is 13.0. The van der Waals surface area contributed by atoms with Crippen LogP contribution in [0.1, 0.15) is 46.7 Å². The molecule has 1 saturated heterocycles. The number of ether oxygens (including phenoxy) is 1. The maximum Gasteiger partial charge on any atom is 0.339 e. The molecule has 0 radical (unpaired) electrons. The number of benzene rings is 1. The molecule has 1 aromatic carbocycles. The molecular weight excluding hydrogens is 450 g/mol. The second-order valence-electron chi connectivity index (χ2n) is 7.80. The molecule has 1 N–H and O–H groups in total. The fourth-order valence-corrected chi connectivity index (χ4v) is 6.21. The number of thiazole rings is 1. The molecule has 174 valence electrons. The number of piperidine rings is 1. The van der Waals surface area contributed by atoms with E-state index in [2.05, 4.69) is 10.3 Å². The van der Waals surface area contributed by atoms with E-state index in [0.29, 0.717) is 19.4 Å². The van der Waals surface area contributed by atoms with Gasteiger partial charge in [-0.2, -0.15) is 4.31 Å². The minimum Gasteiger partial charge on any atom is -0.465 e. The molecule has 3 rings (SSSR count). The maximum atomic E-state index is 13.1. The summed E-state index contributed by atoms with van der Waals surface area (Å²) in [5, 5.41) is 6.14. The van der Waals surface area contributed by atoms with Crippen LogP contribution in [0.5, 0.6) is 0 Å². The van der Waals surface area contributed by atoms with E-state index >= 15 is 0 Å². The number of aryl methyl sites for hydroxylation is 2. The van der Waals surface area contributed by atoms with E-state index in [0.717, 1.165) is 30.0 Å². The molecule has 8 nitrogen and oxygen atoms in total. The third kappa shape index (κ3) is 5.93. The minimum absolute atomic E-state index is 0.0165. The van der Waals surface area contributed by atoms with Gasteiger partial charge in [-0.3, -0.25) is 4.79 Å². The number of hydrogen-bond acceptors (Lipinski definition) is 7. The van der Waals surface area contributed by atoms with Crippen molar-refractivity contribution in [3.05, 3.63) is 45.9 Å². The number of sulfonamides is 1. The summed E-state index contributed by atoms with van der Waals surface area (Å²) in [4.78, 5) is 28.8. The summed E-state index contributed by atoms with van der Waals surface area (Å²) >= 11 is 1.66. The number of carbonyl (C=O) groups is 2. The van der Waals surface area contributed by atoms with Gasteiger partial charge in [0.15, 0.2) is 0 Å². The minimum atomic E-state index is -3.85. The number of nitrogens with zero attached hydrogens (tertiary/aromatic N) is 2. The zero-order valence-corrected chi connectivity index (χ0v) is 20.0. The lowest BCUT2D eigenvalue weighted by Crippen LogP contribution is -2.43. The molecule has 2 aromatic rings. The number of hydrogen-bond donors (Lipinski definition) is 1. The van der Waals surface area contributed by atoms with E-state index in [1.54, 1.807) is 23.5 Å². The Morgan fingerprint density at radius 3 is 2.59 bits per heavy atom. The van der Waals surface area contributed by atoms with Gasteiger partial charge >= 0.3 is 5.97 Å². The smallest absolute Gasteiger partial charge is 0.339 e. The van der Waals surface area contributed by atoms with Crippen molar-refractivity contribution in [1.29, 1.82) is 0 Å². The van der Waals surface area contributed by atoms with E-state index in [4.69, 9.17) is 4.74 Å². The Kier molecular flexibility index (Phi) is 8.38. The molecule has 0 unspecified atom stereocenters. The van der Waals surface area contributed by atoms with Gasteiger partial charge in [0.2, 0.25) is 15.9 Å². The van der Waals surface area contributed by atoms with Crippen LogP contribution in [-0.4, -0.2) is 56.3 Å². The first-order chi connectivity index (χ1) is 15.3. The average Bonchev–Trinajstić information content (AvgIpc) is 3.23. The van der Waals surface area contributed by atoms with Gasteiger partial charge in [-0.1, -0.05) is 12.1 Å². The third-order valence-corrected chi connectivity index (χ3v) is 8.50. The Labute approximate surface area is 193 Å². The van der Waals surface area contributed by atoms with Gasteiger partial charge in [0.05, 0.1) is 22.6 Å². The SMILES string of the molecule is COC(=O)c1ccccc1S(=O)(=O)N1CCC(C(=O)NCCCCc2nc(C)cs2)CC1. The Balaban J connectivity index is 1.47. The normalized spacial score (nSPS) is 15.4. The molecule has 32 heavy (non-hydrogen) atoms. The maximum absolute atomic E-state index is 13.1. The van der Waals surface area contributed by atoms with E-state index < -0.39 is 16.0 Å². The molecule has 0 aliphatic carbocycles. The van der Waals surface area contributed by atoms with Gasteiger partial charge < -0.3 is 10.1 Å². The Bertz CT molecular complexity index is 1040. The van der Waals surface area contributed by atoms with Crippen LogP contribution >= 0.6 is 11.3 Å². The number of esters is 1. The van der Waals surface area contributed by atoms with Crippen molar-refractivity contribution >= 4 is 33.2 Å². The number of rotatable bonds is 9. The Morgan fingerprint density at radius 2 is 1.94 bits per heavy atom. The van der Waals surface area contributed by atoms with Crippen molar-refractivity contribution in [2.45, 2.75) is 43.9 Å². The van der Waals surface area contributed by atoms with E-state index in [1.165, 1.54) is 23.5 Å². The van der Waals surface area contributed by atoms with Crippen molar-refractivity contribution in [2.75, 3.05) is 26.7 Å². The number of unbranched alkanes of at least 4 members (excludes halogenated alkanes) is 1. The molecule has 1 amide bonds. The zero-order chi connectivity index (χ0) is 23.1. The topological polar surface area (TPSA) is 106 Å². The van der Waals surface area contributed by atoms with Crippen LogP contribution in [0.3, 0.4) is 0 Å². The lowest BCUT2D eigenvalue weighted by atomic mass is 9.97. The average molecular weight is 480 g/mol. The number of methoxy groups -OCH3 is 1. The van der Waals surface area contributed by atoms with Crippen LogP contribution in [0.25, 0.3) is 0 Å². The van der Waals surface area contributed by atoms with Crippen molar-refractivity contribution in [1.82, 2.24) is 14.6 Å².